The summed E-state index contributed by atoms with van der Waals surface area (Å²) in [6.07, 6.45) is 2.57. The third-order valence-corrected chi connectivity index (χ3v) is 3.06. The molecule has 1 aromatic rings. The van der Waals surface area contributed by atoms with Crippen LogP contribution in [0.2, 0.25) is 0 Å². The summed E-state index contributed by atoms with van der Waals surface area (Å²) in [7, 11) is 0. The number of rotatable bonds is 5. The molecule has 1 heterocycles. The van der Waals surface area contributed by atoms with Crippen molar-refractivity contribution in [3.05, 3.63) is 53.6 Å². The van der Waals surface area contributed by atoms with Crippen molar-refractivity contribution in [3.8, 4) is 5.75 Å². The number of benzene rings is 1. The van der Waals surface area contributed by atoms with Gasteiger partial charge in [0.1, 0.15) is 17.3 Å². The lowest BCUT2D eigenvalue weighted by molar-refractivity contribution is -0.135. The Labute approximate surface area is 125 Å². The Morgan fingerprint density at radius 3 is 2.55 bits per heavy atom. The average Bonchev–Trinajstić information content (AvgIpc) is 2.47. The summed E-state index contributed by atoms with van der Waals surface area (Å²) in [6, 6.07) is 4.74. The highest BCUT2D eigenvalue weighted by Crippen LogP contribution is 2.21. The Balaban J connectivity index is 2.10. The molecule has 0 aliphatic carbocycles. The molecule has 0 amide bonds. The van der Waals surface area contributed by atoms with E-state index >= 15 is 0 Å². The van der Waals surface area contributed by atoms with Gasteiger partial charge in [-0.1, -0.05) is 0 Å². The lowest BCUT2D eigenvalue weighted by atomic mass is 9.99. The smallest absolute Gasteiger partial charge is 0.333 e. The molecule has 0 bridgehead atoms. The van der Waals surface area contributed by atoms with Gasteiger partial charge >= 0.3 is 11.9 Å². The summed E-state index contributed by atoms with van der Waals surface area (Å²) in [6.45, 7) is 0.339. The zero-order chi connectivity index (χ0) is 16.1. The van der Waals surface area contributed by atoms with Gasteiger partial charge in [0.15, 0.2) is 0 Å². The van der Waals surface area contributed by atoms with Crippen LogP contribution in [0.5, 0.6) is 5.75 Å². The van der Waals surface area contributed by atoms with Gasteiger partial charge in [0.05, 0.1) is 5.57 Å². The Morgan fingerprint density at radius 2 is 1.95 bits per heavy atom. The second-order valence-corrected chi connectivity index (χ2v) is 4.63. The number of carboxylic acid groups (broad SMARTS) is 2. The van der Waals surface area contributed by atoms with Gasteiger partial charge in [0.2, 0.25) is 0 Å². The monoisotopic (exact) mass is 307 g/mol. The summed E-state index contributed by atoms with van der Waals surface area (Å²) in [5.41, 5.74) is -0.249. The Hall–Kier alpha value is -2.67. The molecule has 0 saturated carbocycles. The van der Waals surface area contributed by atoms with Crippen LogP contribution in [0.1, 0.15) is 6.42 Å². The Kier molecular flexibility index (Phi) is 4.90. The van der Waals surface area contributed by atoms with E-state index in [4.69, 9.17) is 14.9 Å². The molecule has 3 N–H and O–H groups in total. The highest BCUT2D eigenvalue weighted by Gasteiger charge is 2.25. The quantitative estimate of drug-likeness (QED) is 0.714. The second-order valence-electron chi connectivity index (χ2n) is 4.63. The van der Waals surface area contributed by atoms with Gasteiger partial charge < -0.3 is 20.3 Å². The van der Waals surface area contributed by atoms with Gasteiger partial charge in [-0.25, -0.2) is 14.0 Å². The molecule has 1 unspecified atom stereocenters. The topological polar surface area (TPSA) is 95.9 Å². The molecule has 22 heavy (non-hydrogen) atoms. The van der Waals surface area contributed by atoms with Crippen LogP contribution < -0.4 is 10.1 Å². The minimum absolute atomic E-state index is 0.183. The lowest BCUT2D eigenvalue weighted by Crippen LogP contribution is -2.38. The summed E-state index contributed by atoms with van der Waals surface area (Å²) in [4.78, 5) is 21.9. The molecule has 0 aromatic heterocycles. The third kappa shape index (κ3) is 4.16. The van der Waals surface area contributed by atoms with Crippen molar-refractivity contribution in [2.75, 3.05) is 6.54 Å². The first kappa shape index (κ1) is 15.7. The van der Waals surface area contributed by atoms with Gasteiger partial charge in [0.25, 0.3) is 0 Å². The van der Waals surface area contributed by atoms with E-state index in [1.165, 1.54) is 24.3 Å². The first-order chi connectivity index (χ1) is 10.5. The normalized spacial score (nSPS) is 18.5. The van der Waals surface area contributed by atoms with Gasteiger partial charge in [-0.2, -0.15) is 0 Å². The molecule has 1 aliphatic rings. The first-order valence-electron chi connectivity index (χ1n) is 6.49. The zero-order valence-corrected chi connectivity index (χ0v) is 11.5. The summed E-state index contributed by atoms with van der Waals surface area (Å²) >= 11 is 0. The first-order valence-corrected chi connectivity index (χ1v) is 6.49. The molecule has 1 aromatic carbocycles. The predicted octanol–water partition coefficient (Wildman–Crippen LogP) is 1.55. The van der Waals surface area contributed by atoms with E-state index in [1.807, 2.05) is 0 Å². The molecule has 0 radical (unpaired) electrons. The summed E-state index contributed by atoms with van der Waals surface area (Å²) < 4.78 is 18.4. The van der Waals surface area contributed by atoms with Crippen LogP contribution in [0.4, 0.5) is 4.39 Å². The fourth-order valence-corrected chi connectivity index (χ4v) is 2.07. The molecule has 2 rings (SSSR count). The maximum absolute atomic E-state index is 12.8. The van der Waals surface area contributed by atoms with Gasteiger partial charge in [0, 0.05) is 25.1 Å². The summed E-state index contributed by atoms with van der Waals surface area (Å²) in [5.74, 6) is -2.10. The minimum atomic E-state index is -1.32. The number of nitrogens with one attached hydrogen (secondary N) is 1. The van der Waals surface area contributed by atoms with Crippen LogP contribution in [0.25, 0.3) is 0 Å². The van der Waals surface area contributed by atoms with Crippen molar-refractivity contribution in [1.29, 1.82) is 0 Å². The van der Waals surface area contributed by atoms with Gasteiger partial charge in [-0.15, -0.1) is 0 Å². The lowest BCUT2D eigenvalue weighted by Gasteiger charge is -2.24. The maximum atomic E-state index is 12.8. The molecule has 0 fully saturated rings. The van der Waals surface area contributed by atoms with Crippen LogP contribution in [0.15, 0.2) is 47.7 Å². The number of hydrogen-bond acceptors (Lipinski definition) is 4. The third-order valence-electron chi connectivity index (χ3n) is 3.06. The number of aliphatic carboxylic acids is 2. The number of carboxylic acids is 2. The summed E-state index contributed by atoms with van der Waals surface area (Å²) in [5, 5.41) is 20.8. The van der Waals surface area contributed by atoms with Crippen LogP contribution in [-0.4, -0.2) is 34.7 Å². The van der Waals surface area contributed by atoms with Crippen LogP contribution >= 0.6 is 0 Å². The number of ether oxygens (including phenoxy) is 1. The van der Waals surface area contributed by atoms with E-state index in [2.05, 4.69) is 5.32 Å². The van der Waals surface area contributed by atoms with E-state index in [-0.39, 0.29) is 17.8 Å². The molecule has 116 valence electrons. The van der Waals surface area contributed by atoms with Crippen molar-refractivity contribution >= 4 is 11.9 Å². The van der Waals surface area contributed by atoms with Gasteiger partial charge in [-0.05, 0) is 30.3 Å². The van der Waals surface area contributed by atoms with E-state index in [0.29, 0.717) is 24.1 Å². The molecule has 7 heteroatoms. The largest absolute Gasteiger partial charge is 0.478 e. The molecule has 1 atom stereocenters. The number of halogens is 1. The molecular weight excluding hydrogens is 293 g/mol. The predicted molar refractivity (Wildman–Crippen MR) is 74.9 cm³/mol. The molecular formula is C15H14FNO5. The molecule has 0 spiro atoms. The van der Waals surface area contributed by atoms with Crippen molar-refractivity contribution in [2.45, 2.75) is 12.5 Å². The van der Waals surface area contributed by atoms with E-state index < -0.39 is 18.0 Å². The van der Waals surface area contributed by atoms with Crippen LogP contribution in [-0.2, 0) is 9.59 Å². The van der Waals surface area contributed by atoms with Crippen molar-refractivity contribution in [2.24, 2.45) is 0 Å². The molecule has 0 saturated heterocycles. The standard InChI is InChI=1S/C15H14FNO5/c16-9-1-3-10(4-2-9)22-11-5-6-17-13(7-11)12(15(20)21)8-14(18)19/h1-5,8,13,17H,6-7H2,(H,18,19)(H,20,21)/b12-8+. The Morgan fingerprint density at radius 1 is 1.27 bits per heavy atom. The van der Waals surface area contributed by atoms with E-state index in [1.54, 1.807) is 6.08 Å². The fraction of sp³-hybridized carbons (Fsp3) is 0.200. The van der Waals surface area contributed by atoms with E-state index in [0.717, 1.165) is 0 Å². The molecule has 6 nitrogen and oxygen atoms in total. The Bertz CT molecular complexity index is 636. The maximum Gasteiger partial charge on any atom is 0.333 e. The number of carbonyl (C=O) groups is 2. The molecule has 1 aliphatic heterocycles. The van der Waals surface area contributed by atoms with Crippen LogP contribution in [0, 0.1) is 5.82 Å². The van der Waals surface area contributed by atoms with Crippen molar-refractivity contribution in [3.63, 3.8) is 0 Å². The van der Waals surface area contributed by atoms with Crippen molar-refractivity contribution < 1.29 is 28.9 Å². The minimum Gasteiger partial charge on any atom is -0.478 e. The average molecular weight is 307 g/mol. The fourth-order valence-electron chi connectivity index (χ4n) is 2.07. The van der Waals surface area contributed by atoms with Crippen molar-refractivity contribution in [1.82, 2.24) is 5.32 Å². The zero-order valence-electron chi connectivity index (χ0n) is 11.5. The highest BCUT2D eigenvalue weighted by molar-refractivity contribution is 5.95. The highest BCUT2D eigenvalue weighted by atomic mass is 19.1. The SMILES string of the molecule is O=C(O)/C=C(/C(=O)O)C1CC(Oc2ccc(F)cc2)=CCN1. The number of hydrogen-bond donors (Lipinski definition) is 3. The van der Waals surface area contributed by atoms with E-state index in [9.17, 15) is 14.0 Å². The second kappa shape index (κ2) is 6.86. The van der Waals surface area contributed by atoms with Gasteiger partial charge in [-0.3, -0.25) is 0 Å². The van der Waals surface area contributed by atoms with Crippen LogP contribution in [0.3, 0.4) is 0 Å².